The Morgan fingerprint density at radius 2 is 2.06 bits per heavy atom. The molecule has 0 aromatic carbocycles. The minimum atomic E-state index is -0.249. The van der Waals surface area contributed by atoms with Gasteiger partial charge in [0.15, 0.2) is 0 Å². The second-order valence-corrected chi connectivity index (χ2v) is 4.70. The van der Waals surface area contributed by atoms with Crippen LogP contribution in [-0.2, 0) is 9.53 Å². The highest BCUT2D eigenvalue weighted by atomic mass is 16.5. The fourth-order valence-electron chi connectivity index (χ4n) is 2.40. The molecular weight excluding hydrogens is 206 g/mol. The molecule has 2 fully saturated rings. The van der Waals surface area contributed by atoms with Crippen LogP contribution in [0.3, 0.4) is 0 Å². The van der Waals surface area contributed by atoms with Gasteiger partial charge >= 0.3 is 0 Å². The van der Waals surface area contributed by atoms with Gasteiger partial charge in [-0.15, -0.1) is 0 Å². The van der Waals surface area contributed by atoms with Gasteiger partial charge in [0.1, 0.15) is 6.10 Å². The zero-order valence-corrected chi connectivity index (χ0v) is 9.73. The average Bonchev–Trinajstić information content (AvgIpc) is 2.26. The maximum atomic E-state index is 12.2. The van der Waals surface area contributed by atoms with E-state index >= 15 is 0 Å². The first kappa shape index (κ1) is 11.9. The van der Waals surface area contributed by atoms with Crippen molar-refractivity contribution in [1.82, 2.24) is 4.90 Å². The van der Waals surface area contributed by atoms with Crippen molar-refractivity contribution < 1.29 is 14.6 Å². The number of aliphatic hydroxyl groups excluding tert-OH is 1. The van der Waals surface area contributed by atoms with E-state index in [2.05, 4.69) is 0 Å². The Bertz CT molecular complexity index is 234. The summed E-state index contributed by atoms with van der Waals surface area (Å²) >= 11 is 0. The summed E-state index contributed by atoms with van der Waals surface area (Å²) in [6, 6.07) is 0.352. The monoisotopic (exact) mass is 227 g/mol. The fraction of sp³-hybridized carbons (Fsp3) is 0.917. The third kappa shape index (κ3) is 2.55. The molecular formula is C12H21NO3. The minimum Gasteiger partial charge on any atom is -0.395 e. The van der Waals surface area contributed by atoms with Crippen LogP contribution in [0.1, 0.15) is 38.5 Å². The molecule has 16 heavy (non-hydrogen) atoms. The van der Waals surface area contributed by atoms with E-state index in [0.717, 1.165) is 32.1 Å². The van der Waals surface area contributed by atoms with Crippen molar-refractivity contribution in [3.8, 4) is 0 Å². The lowest BCUT2D eigenvalue weighted by Crippen LogP contribution is -2.50. The molecule has 1 aliphatic carbocycles. The molecule has 1 saturated carbocycles. The molecule has 0 spiro atoms. The van der Waals surface area contributed by atoms with Crippen molar-refractivity contribution >= 4 is 5.91 Å². The lowest BCUT2D eigenvalue weighted by atomic mass is 9.90. The lowest BCUT2D eigenvalue weighted by Gasteiger charge is -2.39. The van der Waals surface area contributed by atoms with Crippen molar-refractivity contribution in [2.45, 2.75) is 50.7 Å². The zero-order valence-electron chi connectivity index (χ0n) is 9.73. The van der Waals surface area contributed by atoms with Crippen molar-refractivity contribution in [3.63, 3.8) is 0 Å². The summed E-state index contributed by atoms with van der Waals surface area (Å²) < 4.78 is 5.51. The molecule has 0 aromatic heterocycles. The Morgan fingerprint density at radius 3 is 2.56 bits per heavy atom. The molecule has 1 atom stereocenters. The van der Waals surface area contributed by atoms with Gasteiger partial charge in [0.05, 0.1) is 6.61 Å². The van der Waals surface area contributed by atoms with Crippen LogP contribution in [0.2, 0.25) is 0 Å². The summed E-state index contributed by atoms with van der Waals surface area (Å²) in [5.74, 6) is 0.0958. The summed E-state index contributed by atoms with van der Waals surface area (Å²) in [6.07, 6.45) is 6.10. The van der Waals surface area contributed by atoms with Gasteiger partial charge in [-0.3, -0.25) is 4.79 Å². The Labute approximate surface area is 96.6 Å². The molecule has 1 N–H and O–H groups in total. The number of rotatable bonds is 4. The number of hydrogen-bond acceptors (Lipinski definition) is 3. The molecule has 1 saturated heterocycles. The third-order valence-corrected chi connectivity index (χ3v) is 3.59. The van der Waals surface area contributed by atoms with E-state index in [1.165, 1.54) is 6.42 Å². The predicted molar refractivity (Wildman–Crippen MR) is 60.0 cm³/mol. The second kappa shape index (κ2) is 5.64. The summed E-state index contributed by atoms with van der Waals surface area (Å²) in [7, 11) is 0. The molecule has 4 nitrogen and oxygen atoms in total. The molecule has 0 aromatic rings. The van der Waals surface area contributed by atoms with E-state index in [-0.39, 0.29) is 18.6 Å². The van der Waals surface area contributed by atoms with Crippen LogP contribution < -0.4 is 0 Å². The van der Waals surface area contributed by atoms with Gasteiger partial charge in [0.25, 0.3) is 5.91 Å². The van der Waals surface area contributed by atoms with Gasteiger partial charge < -0.3 is 14.7 Å². The maximum Gasteiger partial charge on any atom is 0.252 e. The van der Waals surface area contributed by atoms with Crippen LogP contribution in [0.5, 0.6) is 0 Å². The number of carbonyl (C=O) groups excluding carboxylic acids is 1. The molecule has 1 heterocycles. The topological polar surface area (TPSA) is 49.8 Å². The van der Waals surface area contributed by atoms with E-state index in [0.29, 0.717) is 19.2 Å². The predicted octanol–water partition coefficient (Wildman–Crippen LogP) is 0.929. The van der Waals surface area contributed by atoms with Gasteiger partial charge in [-0.2, -0.15) is 0 Å². The van der Waals surface area contributed by atoms with Crippen LogP contribution in [0.15, 0.2) is 0 Å². The number of amides is 1. The second-order valence-electron chi connectivity index (χ2n) is 4.70. The maximum absolute atomic E-state index is 12.2. The summed E-state index contributed by atoms with van der Waals surface area (Å²) in [5, 5.41) is 9.02. The van der Waals surface area contributed by atoms with Crippen molar-refractivity contribution in [2.75, 3.05) is 19.8 Å². The van der Waals surface area contributed by atoms with Crippen LogP contribution >= 0.6 is 0 Å². The summed E-state index contributed by atoms with van der Waals surface area (Å²) in [4.78, 5) is 14.0. The van der Waals surface area contributed by atoms with Gasteiger partial charge in [-0.1, -0.05) is 0 Å². The summed E-state index contributed by atoms with van der Waals surface area (Å²) in [5.41, 5.74) is 0. The highest BCUT2D eigenvalue weighted by Crippen LogP contribution is 2.26. The Hall–Kier alpha value is -0.610. The largest absolute Gasteiger partial charge is 0.395 e. The molecule has 2 aliphatic rings. The molecule has 1 aliphatic heterocycles. The minimum absolute atomic E-state index is 0.0506. The molecule has 1 amide bonds. The number of aliphatic hydroxyl groups is 1. The number of ether oxygens (including phenoxy) is 1. The molecule has 0 radical (unpaired) electrons. The number of carbonyl (C=O) groups is 1. The van der Waals surface area contributed by atoms with E-state index in [4.69, 9.17) is 9.84 Å². The lowest BCUT2D eigenvalue weighted by molar-refractivity contribution is -0.151. The number of nitrogens with zero attached hydrogens (tertiary/aromatic N) is 1. The van der Waals surface area contributed by atoms with Crippen LogP contribution in [-0.4, -0.2) is 47.8 Å². The van der Waals surface area contributed by atoms with E-state index in [1.54, 1.807) is 0 Å². The fourth-order valence-corrected chi connectivity index (χ4v) is 2.40. The smallest absolute Gasteiger partial charge is 0.252 e. The Morgan fingerprint density at radius 1 is 1.25 bits per heavy atom. The van der Waals surface area contributed by atoms with Crippen molar-refractivity contribution in [1.29, 1.82) is 0 Å². The van der Waals surface area contributed by atoms with Crippen LogP contribution in [0.25, 0.3) is 0 Å². The molecule has 1 unspecified atom stereocenters. The Kier molecular flexibility index (Phi) is 4.18. The molecule has 0 bridgehead atoms. The van der Waals surface area contributed by atoms with Crippen LogP contribution in [0, 0.1) is 0 Å². The number of hydrogen-bond donors (Lipinski definition) is 1. The van der Waals surface area contributed by atoms with Gasteiger partial charge in [0.2, 0.25) is 0 Å². The van der Waals surface area contributed by atoms with Gasteiger partial charge in [0, 0.05) is 19.2 Å². The SMILES string of the molecule is O=C(C1CCCCO1)N(CCO)C1CCC1. The third-order valence-electron chi connectivity index (χ3n) is 3.59. The van der Waals surface area contributed by atoms with Gasteiger partial charge in [-0.05, 0) is 38.5 Å². The molecule has 2 rings (SSSR count). The highest BCUT2D eigenvalue weighted by Gasteiger charge is 2.33. The Balaban J connectivity index is 1.92. The first-order valence-electron chi connectivity index (χ1n) is 6.36. The van der Waals surface area contributed by atoms with Crippen molar-refractivity contribution in [3.05, 3.63) is 0 Å². The molecule has 92 valence electrons. The average molecular weight is 227 g/mol. The quantitative estimate of drug-likeness (QED) is 0.777. The van der Waals surface area contributed by atoms with Crippen LogP contribution in [0.4, 0.5) is 0 Å². The van der Waals surface area contributed by atoms with E-state index in [1.807, 2.05) is 4.90 Å². The standard InChI is InChI=1S/C12H21NO3/c14-8-7-13(10-4-3-5-10)12(15)11-6-1-2-9-16-11/h10-11,14H,1-9H2. The normalized spacial score (nSPS) is 26.2. The summed E-state index contributed by atoms with van der Waals surface area (Å²) in [6.45, 7) is 1.21. The van der Waals surface area contributed by atoms with Gasteiger partial charge in [-0.25, -0.2) is 0 Å². The van der Waals surface area contributed by atoms with E-state index in [9.17, 15) is 4.79 Å². The van der Waals surface area contributed by atoms with E-state index < -0.39 is 0 Å². The zero-order chi connectivity index (χ0) is 11.4. The molecule has 4 heteroatoms. The van der Waals surface area contributed by atoms with Crippen molar-refractivity contribution in [2.24, 2.45) is 0 Å². The first-order chi connectivity index (χ1) is 7.83. The highest BCUT2D eigenvalue weighted by molar-refractivity contribution is 5.81. The first-order valence-corrected chi connectivity index (χ1v) is 6.36.